The second-order valence-electron chi connectivity index (χ2n) is 5.11. The topological polar surface area (TPSA) is 88.2 Å². The van der Waals surface area contributed by atoms with E-state index in [1.165, 1.54) is 11.3 Å². The molecule has 1 unspecified atom stereocenters. The Morgan fingerprint density at radius 3 is 2.83 bits per heavy atom. The number of nitrogens with two attached hydrogens (primary N) is 1. The first kappa shape index (κ1) is 15.1. The van der Waals surface area contributed by atoms with Gasteiger partial charge < -0.3 is 16.2 Å². The fraction of sp³-hybridized carbons (Fsp3) is 0.667. The Bertz CT molecular complexity index is 402. The predicted molar refractivity (Wildman–Crippen MR) is 72.4 cm³/mol. The fourth-order valence-electron chi connectivity index (χ4n) is 1.82. The van der Waals surface area contributed by atoms with Crippen LogP contribution in [0.3, 0.4) is 0 Å². The number of nitrogens with one attached hydrogen (secondary N) is 1. The second-order valence-corrected chi connectivity index (χ2v) is 6.05. The lowest BCUT2D eigenvalue weighted by molar-refractivity contribution is 0.0367. The minimum absolute atomic E-state index is 0.222. The minimum atomic E-state index is -0.892. The maximum Gasteiger partial charge on any atom is 0.270 e. The number of thiazole rings is 1. The van der Waals surface area contributed by atoms with E-state index in [0.717, 1.165) is 5.01 Å². The SMILES string of the molecule is CC(C)CC(C)(O)CNC(=O)c1csc(CN)n1. The quantitative estimate of drug-likeness (QED) is 0.723. The molecule has 1 heterocycles. The Labute approximate surface area is 111 Å². The monoisotopic (exact) mass is 271 g/mol. The zero-order valence-corrected chi connectivity index (χ0v) is 11.9. The van der Waals surface area contributed by atoms with Crippen LogP contribution >= 0.6 is 11.3 Å². The van der Waals surface area contributed by atoms with Gasteiger partial charge in [0, 0.05) is 18.5 Å². The number of hydrogen-bond donors (Lipinski definition) is 3. The van der Waals surface area contributed by atoms with Gasteiger partial charge in [-0.2, -0.15) is 0 Å². The van der Waals surface area contributed by atoms with E-state index in [1.54, 1.807) is 12.3 Å². The Kier molecular flexibility index (Phi) is 5.25. The molecule has 1 amide bonds. The van der Waals surface area contributed by atoms with Crippen LogP contribution in [-0.4, -0.2) is 28.1 Å². The van der Waals surface area contributed by atoms with Gasteiger partial charge >= 0.3 is 0 Å². The standard InChI is InChI=1S/C12H21N3O2S/c1-8(2)4-12(3,17)7-14-11(16)9-6-18-10(5-13)15-9/h6,8,17H,4-5,7,13H2,1-3H3,(H,14,16). The molecule has 0 aliphatic carbocycles. The van der Waals surface area contributed by atoms with Crippen LogP contribution in [0.25, 0.3) is 0 Å². The van der Waals surface area contributed by atoms with Gasteiger partial charge in [0.2, 0.25) is 0 Å². The minimum Gasteiger partial charge on any atom is -0.388 e. The first-order valence-electron chi connectivity index (χ1n) is 5.99. The zero-order chi connectivity index (χ0) is 13.8. The van der Waals surface area contributed by atoms with E-state index >= 15 is 0 Å². The highest BCUT2D eigenvalue weighted by Crippen LogP contribution is 2.15. The average Bonchev–Trinajstić information content (AvgIpc) is 2.72. The van der Waals surface area contributed by atoms with Crippen molar-refractivity contribution in [2.45, 2.75) is 39.3 Å². The molecule has 0 radical (unpaired) electrons. The van der Waals surface area contributed by atoms with Crippen LogP contribution < -0.4 is 11.1 Å². The summed E-state index contributed by atoms with van der Waals surface area (Å²) in [7, 11) is 0. The van der Waals surface area contributed by atoms with E-state index in [-0.39, 0.29) is 12.5 Å². The summed E-state index contributed by atoms with van der Waals surface area (Å²) in [6.07, 6.45) is 0.637. The second kappa shape index (κ2) is 6.26. The summed E-state index contributed by atoms with van der Waals surface area (Å²) in [6.45, 7) is 6.34. The van der Waals surface area contributed by atoms with E-state index in [1.807, 2.05) is 13.8 Å². The molecule has 1 aromatic rings. The van der Waals surface area contributed by atoms with Crippen molar-refractivity contribution in [1.82, 2.24) is 10.3 Å². The molecule has 0 fully saturated rings. The van der Waals surface area contributed by atoms with Crippen molar-refractivity contribution < 1.29 is 9.90 Å². The Balaban J connectivity index is 2.50. The molecule has 0 aromatic carbocycles. The first-order valence-corrected chi connectivity index (χ1v) is 6.87. The molecule has 1 rings (SSSR count). The number of carbonyl (C=O) groups is 1. The number of rotatable bonds is 6. The third-order valence-corrected chi connectivity index (χ3v) is 3.31. The van der Waals surface area contributed by atoms with Gasteiger partial charge in [0.05, 0.1) is 5.60 Å². The molecule has 0 saturated carbocycles. The van der Waals surface area contributed by atoms with E-state index in [4.69, 9.17) is 5.73 Å². The lowest BCUT2D eigenvalue weighted by Crippen LogP contribution is -2.41. The van der Waals surface area contributed by atoms with Crippen LogP contribution in [0.4, 0.5) is 0 Å². The van der Waals surface area contributed by atoms with Gasteiger partial charge in [-0.05, 0) is 19.3 Å². The number of carbonyl (C=O) groups excluding carboxylic acids is 1. The molecule has 5 nitrogen and oxygen atoms in total. The van der Waals surface area contributed by atoms with Crippen molar-refractivity contribution in [1.29, 1.82) is 0 Å². The molecule has 0 aliphatic heterocycles. The van der Waals surface area contributed by atoms with E-state index in [2.05, 4.69) is 10.3 Å². The van der Waals surface area contributed by atoms with Crippen LogP contribution in [0.1, 0.15) is 42.7 Å². The molecule has 18 heavy (non-hydrogen) atoms. The van der Waals surface area contributed by atoms with Crippen molar-refractivity contribution in [2.24, 2.45) is 11.7 Å². The van der Waals surface area contributed by atoms with Crippen LogP contribution in [0, 0.1) is 5.92 Å². The van der Waals surface area contributed by atoms with Crippen LogP contribution in [0.15, 0.2) is 5.38 Å². The average molecular weight is 271 g/mol. The normalized spacial score (nSPS) is 14.6. The summed E-state index contributed by atoms with van der Waals surface area (Å²) >= 11 is 1.36. The highest BCUT2D eigenvalue weighted by Gasteiger charge is 2.23. The molecule has 1 atom stereocenters. The van der Waals surface area contributed by atoms with Gasteiger partial charge in [-0.25, -0.2) is 4.98 Å². The summed E-state index contributed by atoms with van der Waals surface area (Å²) in [5.41, 5.74) is 4.91. The Morgan fingerprint density at radius 2 is 2.33 bits per heavy atom. The number of hydrogen-bond acceptors (Lipinski definition) is 5. The maximum atomic E-state index is 11.8. The third kappa shape index (κ3) is 4.72. The van der Waals surface area contributed by atoms with Crippen LogP contribution in [0.5, 0.6) is 0 Å². The lowest BCUT2D eigenvalue weighted by Gasteiger charge is -2.25. The zero-order valence-electron chi connectivity index (χ0n) is 11.1. The molecule has 0 bridgehead atoms. The largest absolute Gasteiger partial charge is 0.388 e. The van der Waals surface area contributed by atoms with Crippen LogP contribution in [-0.2, 0) is 6.54 Å². The molecule has 0 saturated heterocycles. The van der Waals surface area contributed by atoms with E-state index in [0.29, 0.717) is 24.6 Å². The number of aromatic nitrogens is 1. The summed E-state index contributed by atoms with van der Waals surface area (Å²) in [4.78, 5) is 15.9. The van der Waals surface area contributed by atoms with Gasteiger partial charge in [-0.1, -0.05) is 13.8 Å². The van der Waals surface area contributed by atoms with Crippen molar-refractivity contribution >= 4 is 17.2 Å². The summed E-state index contributed by atoms with van der Waals surface area (Å²) in [6, 6.07) is 0. The number of amides is 1. The van der Waals surface area contributed by atoms with Gasteiger partial charge in [0.25, 0.3) is 5.91 Å². The first-order chi connectivity index (χ1) is 8.34. The molecule has 1 aromatic heterocycles. The highest BCUT2D eigenvalue weighted by atomic mass is 32.1. The van der Waals surface area contributed by atoms with E-state index in [9.17, 15) is 9.90 Å². The molecule has 6 heteroatoms. The predicted octanol–water partition coefficient (Wildman–Crippen LogP) is 1.13. The molecule has 0 spiro atoms. The Morgan fingerprint density at radius 1 is 1.67 bits per heavy atom. The lowest BCUT2D eigenvalue weighted by atomic mass is 9.94. The molecule has 4 N–H and O–H groups in total. The maximum absolute atomic E-state index is 11.8. The smallest absolute Gasteiger partial charge is 0.270 e. The van der Waals surface area contributed by atoms with Gasteiger partial charge in [-0.15, -0.1) is 11.3 Å². The molecule has 0 aliphatic rings. The summed E-state index contributed by atoms with van der Waals surface area (Å²) in [5.74, 6) is 0.106. The van der Waals surface area contributed by atoms with Crippen LogP contribution in [0.2, 0.25) is 0 Å². The molecular formula is C12H21N3O2S. The summed E-state index contributed by atoms with van der Waals surface area (Å²) in [5, 5.41) is 15.2. The fourth-order valence-corrected chi connectivity index (χ4v) is 2.48. The Hall–Kier alpha value is -0.980. The van der Waals surface area contributed by atoms with Crippen molar-refractivity contribution in [3.05, 3.63) is 16.1 Å². The van der Waals surface area contributed by atoms with Gasteiger partial charge in [0.15, 0.2) is 0 Å². The number of aliphatic hydroxyl groups is 1. The van der Waals surface area contributed by atoms with E-state index < -0.39 is 5.60 Å². The third-order valence-electron chi connectivity index (χ3n) is 2.44. The van der Waals surface area contributed by atoms with Crippen molar-refractivity contribution in [3.63, 3.8) is 0 Å². The van der Waals surface area contributed by atoms with Crippen molar-refractivity contribution in [3.8, 4) is 0 Å². The van der Waals surface area contributed by atoms with Gasteiger partial charge in [0.1, 0.15) is 10.7 Å². The van der Waals surface area contributed by atoms with Crippen molar-refractivity contribution in [2.75, 3.05) is 6.54 Å². The molecule has 102 valence electrons. The highest BCUT2D eigenvalue weighted by molar-refractivity contribution is 7.09. The van der Waals surface area contributed by atoms with Gasteiger partial charge in [-0.3, -0.25) is 4.79 Å². The molecular weight excluding hydrogens is 250 g/mol. The number of nitrogens with zero attached hydrogens (tertiary/aromatic N) is 1. The summed E-state index contributed by atoms with van der Waals surface area (Å²) < 4.78 is 0.